The van der Waals surface area contributed by atoms with Crippen molar-refractivity contribution in [3.05, 3.63) is 101 Å². The van der Waals surface area contributed by atoms with Crippen LogP contribution in [0.1, 0.15) is 162 Å². The summed E-state index contributed by atoms with van der Waals surface area (Å²) in [5.41, 5.74) is 5.05. The number of aliphatic hydroxyl groups excluding tert-OH is 2. The quantitative estimate of drug-likeness (QED) is 0.200. The van der Waals surface area contributed by atoms with Gasteiger partial charge in [-0.25, -0.2) is 8.78 Å². The van der Waals surface area contributed by atoms with E-state index in [1.54, 1.807) is 12.1 Å². The first kappa shape index (κ1) is 49.5. The zero-order chi connectivity index (χ0) is 36.3. The number of unbranched alkanes of at least 4 members (excludes halogenated alkanes) is 3. The molecule has 0 saturated heterocycles. The zero-order valence-electron chi connectivity index (χ0n) is 31.3. The summed E-state index contributed by atoms with van der Waals surface area (Å²) in [6, 6.07) is 12.1. The minimum Gasteiger partial charge on any atom is -0.512 e. The fraction of sp³-hybridized carbons (Fsp3) is 0.537. The van der Waals surface area contributed by atoms with Gasteiger partial charge in [-0.3, -0.25) is 0 Å². The van der Waals surface area contributed by atoms with Crippen LogP contribution in [0.25, 0.3) is 5.57 Å². The molecule has 262 valence electrons. The number of aryl methyl sites for hydroxylation is 1. The van der Waals surface area contributed by atoms with Crippen molar-refractivity contribution in [3.8, 4) is 6.07 Å². The number of allylic oxidation sites excluding steroid dienone is 4. The van der Waals surface area contributed by atoms with E-state index in [1.165, 1.54) is 49.8 Å². The molecular formula is C41H67F2NO2. The van der Waals surface area contributed by atoms with Crippen LogP contribution < -0.4 is 0 Å². The van der Waals surface area contributed by atoms with Gasteiger partial charge >= 0.3 is 0 Å². The van der Waals surface area contributed by atoms with Crippen molar-refractivity contribution in [2.45, 2.75) is 147 Å². The molecule has 5 heteroatoms. The van der Waals surface area contributed by atoms with Crippen LogP contribution in [-0.4, -0.2) is 10.2 Å². The Balaban J connectivity index is -0.000000277. The lowest BCUT2D eigenvalue weighted by Crippen LogP contribution is -1.95. The van der Waals surface area contributed by atoms with Crippen LogP contribution in [0.2, 0.25) is 0 Å². The Morgan fingerprint density at radius 1 is 0.826 bits per heavy atom. The van der Waals surface area contributed by atoms with Gasteiger partial charge in [0.25, 0.3) is 0 Å². The summed E-state index contributed by atoms with van der Waals surface area (Å²) in [6.45, 7) is 25.1. The third-order valence-corrected chi connectivity index (χ3v) is 6.47. The third kappa shape index (κ3) is 27.0. The summed E-state index contributed by atoms with van der Waals surface area (Å²) >= 11 is 0. The minimum atomic E-state index is -0.455. The Hall–Kier alpha value is -3.39. The molecule has 3 nitrogen and oxygen atoms in total. The van der Waals surface area contributed by atoms with Crippen molar-refractivity contribution in [1.82, 2.24) is 0 Å². The molecule has 0 aromatic heterocycles. The van der Waals surface area contributed by atoms with Crippen molar-refractivity contribution < 1.29 is 19.0 Å². The SMILES string of the molecule is CC.CC/C=C(/C=C(/C)CCC)c1ccc(C#N)c(F)c1.CCC(C)c1ccc(C)cc1F.CCCC.CCCCC.O/C=C\O. The Labute approximate surface area is 282 Å². The highest BCUT2D eigenvalue weighted by Crippen LogP contribution is 2.23. The average molecular weight is 644 g/mol. The fourth-order valence-electron chi connectivity index (χ4n) is 3.60. The van der Waals surface area contributed by atoms with Gasteiger partial charge in [-0.05, 0) is 79.5 Å². The van der Waals surface area contributed by atoms with E-state index in [0.717, 1.165) is 47.9 Å². The summed E-state index contributed by atoms with van der Waals surface area (Å²) in [7, 11) is 0. The van der Waals surface area contributed by atoms with Crippen LogP contribution in [0.5, 0.6) is 0 Å². The van der Waals surface area contributed by atoms with E-state index in [1.807, 2.05) is 45.9 Å². The molecule has 2 aromatic rings. The van der Waals surface area contributed by atoms with Crippen LogP contribution in [0.3, 0.4) is 0 Å². The molecule has 0 bridgehead atoms. The van der Waals surface area contributed by atoms with Gasteiger partial charge in [0.15, 0.2) is 0 Å². The van der Waals surface area contributed by atoms with Crippen molar-refractivity contribution in [3.63, 3.8) is 0 Å². The van der Waals surface area contributed by atoms with E-state index < -0.39 is 5.82 Å². The highest BCUT2D eigenvalue weighted by atomic mass is 19.1. The molecule has 0 aliphatic heterocycles. The third-order valence-electron chi connectivity index (χ3n) is 6.47. The topological polar surface area (TPSA) is 64.2 Å². The number of rotatable bonds is 10. The molecule has 0 heterocycles. The van der Waals surface area contributed by atoms with E-state index in [4.69, 9.17) is 15.5 Å². The Bertz CT molecular complexity index is 1110. The van der Waals surface area contributed by atoms with E-state index in [0.29, 0.717) is 18.4 Å². The van der Waals surface area contributed by atoms with Crippen molar-refractivity contribution in [2.75, 3.05) is 0 Å². The smallest absolute Gasteiger partial charge is 0.141 e. The summed E-state index contributed by atoms with van der Waals surface area (Å²) in [4.78, 5) is 0. The molecule has 1 atom stereocenters. The summed E-state index contributed by atoms with van der Waals surface area (Å²) < 4.78 is 27.0. The second-order valence-corrected chi connectivity index (χ2v) is 10.6. The lowest BCUT2D eigenvalue weighted by Gasteiger charge is -2.10. The summed E-state index contributed by atoms with van der Waals surface area (Å²) in [5.74, 6) is -0.196. The maximum Gasteiger partial charge on any atom is 0.141 e. The number of nitriles is 1. The molecule has 2 aromatic carbocycles. The number of hydrogen-bond donors (Lipinski definition) is 2. The number of halogens is 2. The van der Waals surface area contributed by atoms with Gasteiger partial charge in [0.1, 0.15) is 30.2 Å². The molecular weight excluding hydrogens is 576 g/mol. The molecule has 2 N–H and O–H groups in total. The predicted molar refractivity (Wildman–Crippen MR) is 199 cm³/mol. The fourth-order valence-corrected chi connectivity index (χ4v) is 3.60. The Kier molecular flexibility index (Phi) is 38.8. The number of hydrogen-bond acceptors (Lipinski definition) is 3. The molecule has 2 rings (SSSR count). The van der Waals surface area contributed by atoms with Gasteiger partial charge in [0, 0.05) is 0 Å². The van der Waals surface area contributed by atoms with Crippen LogP contribution >= 0.6 is 0 Å². The lowest BCUT2D eigenvalue weighted by molar-refractivity contribution is 0.407. The second-order valence-electron chi connectivity index (χ2n) is 10.6. The zero-order valence-corrected chi connectivity index (χ0v) is 31.3. The average Bonchev–Trinajstić information content (AvgIpc) is 3.06. The predicted octanol–water partition coefficient (Wildman–Crippen LogP) is 14.5. The highest BCUT2D eigenvalue weighted by Gasteiger charge is 2.08. The van der Waals surface area contributed by atoms with Gasteiger partial charge in [-0.15, -0.1) is 0 Å². The second kappa shape index (κ2) is 36.1. The molecule has 1 unspecified atom stereocenters. The summed E-state index contributed by atoms with van der Waals surface area (Å²) in [5, 5.41) is 23.6. The van der Waals surface area contributed by atoms with Gasteiger partial charge in [-0.1, -0.05) is 144 Å². The number of nitrogens with zero attached hydrogens (tertiary/aromatic N) is 1. The number of aliphatic hydroxyl groups is 2. The lowest BCUT2D eigenvalue weighted by atomic mass is 9.97. The van der Waals surface area contributed by atoms with Gasteiger partial charge < -0.3 is 10.2 Å². The highest BCUT2D eigenvalue weighted by molar-refractivity contribution is 5.75. The van der Waals surface area contributed by atoms with Gasteiger partial charge in [-0.2, -0.15) is 5.26 Å². The van der Waals surface area contributed by atoms with E-state index in [-0.39, 0.29) is 11.4 Å². The molecule has 0 spiro atoms. The molecule has 0 amide bonds. The maximum atomic E-state index is 13.7. The van der Waals surface area contributed by atoms with Crippen LogP contribution in [0.15, 0.2) is 66.6 Å². The van der Waals surface area contributed by atoms with Crippen LogP contribution in [0, 0.1) is 29.9 Å². The molecule has 0 saturated carbocycles. The molecule has 0 aliphatic carbocycles. The van der Waals surface area contributed by atoms with E-state index >= 15 is 0 Å². The molecule has 0 fully saturated rings. The van der Waals surface area contributed by atoms with E-state index in [9.17, 15) is 8.78 Å². The van der Waals surface area contributed by atoms with Crippen molar-refractivity contribution >= 4 is 5.57 Å². The number of benzene rings is 2. The van der Waals surface area contributed by atoms with Crippen LogP contribution in [-0.2, 0) is 0 Å². The first-order valence-corrected chi connectivity index (χ1v) is 17.3. The van der Waals surface area contributed by atoms with Crippen molar-refractivity contribution in [1.29, 1.82) is 5.26 Å². The normalized spacial score (nSPS) is 11.0. The Morgan fingerprint density at radius 2 is 1.39 bits per heavy atom. The molecule has 0 radical (unpaired) electrons. The maximum absolute atomic E-state index is 13.7. The largest absolute Gasteiger partial charge is 0.512 e. The minimum absolute atomic E-state index is 0.0654. The first-order chi connectivity index (χ1) is 22.0. The van der Waals surface area contributed by atoms with Crippen molar-refractivity contribution in [2.24, 2.45) is 0 Å². The summed E-state index contributed by atoms with van der Waals surface area (Å²) in [6.07, 6.45) is 16.0. The van der Waals surface area contributed by atoms with Crippen LogP contribution in [0.4, 0.5) is 8.78 Å². The van der Waals surface area contributed by atoms with Gasteiger partial charge in [0.2, 0.25) is 0 Å². The van der Waals surface area contributed by atoms with Gasteiger partial charge in [0.05, 0.1) is 5.56 Å². The molecule has 0 aliphatic rings. The standard InChI is InChI=1S/C17H20FN.C11H15F.C5H12.C4H10.C2H4O2.C2H6/c1-4-6-13(3)10-14(7-5-2)15-8-9-16(12-19)17(18)11-15;1-4-9(3)10-6-5-8(2)7-11(10)12;1-3-5-4-2;1-3-4-2;3-1-2-4;1-2/h7-11H,4-6H2,1-3H3;5-7,9H,4H2,1-3H3;3-5H2,1-2H3;3-4H2,1-2H3;1-4H;1-2H3/b13-10-,14-7-;;;;2-1-;. The first-order valence-electron chi connectivity index (χ1n) is 17.3. The van der Waals surface area contributed by atoms with E-state index in [2.05, 4.69) is 67.5 Å². The monoisotopic (exact) mass is 644 g/mol. The molecule has 46 heavy (non-hydrogen) atoms. The Morgan fingerprint density at radius 3 is 1.74 bits per heavy atom.